The fourth-order valence-electron chi connectivity index (χ4n) is 2.61. The van der Waals surface area contributed by atoms with Gasteiger partial charge in [0, 0.05) is 12.1 Å². The summed E-state index contributed by atoms with van der Waals surface area (Å²) < 4.78 is 0. The molecule has 2 amide bonds. The normalized spacial score (nSPS) is 19.9. The van der Waals surface area contributed by atoms with Gasteiger partial charge in [0.15, 0.2) is 0 Å². The maximum atomic E-state index is 11.8. The Morgan fingerprint density at radius 1 is 1.39 bits per heavy atom. The number of nitrogens with zero attached hydrogens (tertiary/aromatic N) is 1. The van der Waals surface area contributed by atoms with Gasteiger partial charge in [-0.25, -0.2) is 0 Å². The lowest BCUT2D eigenvalue weighted by molar-refractivity contribution is -0.139. The van der Waals surface area contributed by atoms with Crippen molar-refractivity contribution in [2.45, 2.75) is 31.8 Å². The minimum absolute atomic E-state index is 0.0265. The molecule has 0 spiro atoms. The molecule has 8 heteroatoms. The molecular weight excluding hydrogens is 318 g/mol. The Kier molecular flexibility index (Phi) is 6.12. The van der Waals surface area contributed by atoms with E-state index < -0.39 is 5.97 Å². The third kappa shape index (κ3) is 5.04. The highest BCUT2D eigenvalue weighted by molar-refractivity contribution is 7.12. The van der Waals surface area contributed by atoms with E-state index in [0.717, 1.165) is 12.8 Å². The van der Waals surface area contributed by atoms with E-state index in [4.69, 9.17) is 5.11 Å². The molecule has 1 saturated carbocycles. The highest BCUT2D eigenvalue weighted by atomic mass is 32.1. The van der Waals surface area contributed by atoms with Crippen LogP contribution in [0.1, 0.15) is 29.4 Å². The summed E-state index contributed by atoms with van der Waals surface area (Å²) in [5.41, 5.74) is 0. The van der Waals surface area contributed by atoms with Crippen LogP contribution >= 0.6 is 11.3 Å². The summed E-state index contributed by atoms with van der Waals surface area (Å²) in [4.78, 5) is 36.8. The van der Waals surface area contributed by atoms with Gasteiger partial charge in [-0.15, -0.1) is 11.3 Å². The average molecular weight is 339 g/mol. The Hall–Kier alpha value is -1.93. The Balaban J connectivity index is 1.66. The molecule has 1 heterocycles. The predicted molar refractivity (Wildman–Crippen MR) is 86.5 cm³/mol. The second-order valence-electron chi connectivity index (χ2n) is 5.51. The number of carbonyl (C=O) groups is 3. The fraction of sp³-hybridized carbons (Fsp3) is 0.533. The quantitative estimate of drug-likeness (QED) is 0.642. The Bertz CT molecular complexity index is 555. The van der Waals surface area contributed by atoms with E-state index in [1.807, 2.05) is 11.8 Å². The van der Waals surface area contributed by atoms with Crippen LogP contribution in [0, 0.1) is 0 Å². The molecular formula is C15H21N3O4S. The summed E-state index contributed by atoms with van der Waals surface area (Å²) in [7, 11) is 0. The number of rotatable bonds is 8. The molecule has 1 aromatic rings. The maximum absolute atomic E-state index is 11.8. The highest BCUT2D eigenvalue weighted by Crippen LogP contribution is 2.25. The molecule has 1 aliphatic carbocycles. The second kappa shape index (κ2) is 8.07. The van der Waals surface area contributed by atoms with Crippen LogP contribution in [0.25, 0.3) is 0 Å². The van der Waals surface area contributed by atoms with E-state index in [1.54, 1.807) is 17.5 Å². The lowest BCUT2D eigenvalue weighted by Crippen LogP contribution is -2.55. The van der Waals surface area contributed by atoms with Crippen molar-refractivity contribution in [1.29, 1.82) is 0 Å². The molecule has 3 N–H and O–H groups in total. The highest BCUT2D eigenvalue weighted by Gasteiger charge is 2.34. The van der Waals surface area contributed by atoms with Crippen LogP contribution in [0.4, 0.5) is 0 Å². The van der Waals surface area contributed by atoms with Gasteiger partial charge in [-0.1, -0.05) is 13.0 Å². The summed E-state index contributed by atoms with van der Waals surface area (Å²) in [6, 6.07) is 3.73. The molecule has 0 aromatic carbocycles. The van der Waals surface area contributed by atoms with E-state index in [0.29, 0.717) is 11.4 Å². The van der Waals surface area contributed by atoms with E-state index in [-0.39, 0.29) is 37.0 Å². The lowest BCUT2D eigenvalue weighted by Gasteiger charge is -2.42. The molecule has 0 radical (unpaired) electrons. The number of carboxylic acids is 1. The first-order valence-corrected chi connectivity index (χ1v) is 8.44. The van der Waals surface area contributed by atoms with Gasteiger partial charge in [0.05, 0.1) is 18.0 Å². The Morgan fingerprint density at radius 2 is 2.13 bits per heavy atom. The van der Waals surface area contributed by atoms with Gasteiger partial charge in [-0.2, -0.15) is 0 Å². The summed E-state index contributed by atoms with van der Waals surface area (Å²) in [5.74, 6) is -1.31. The van der Waals surface area contributed by atoms with Gasteiger partial charge in [-0.3, -0.25) is 19.3 Å². The molecule has 0 atom stereocenters. The second-order valence-corrected chi connectivity index (χ2v) is 6.45. The zero-order valence-electron chi connectivity index (χ0n) is 12.9. The maximum Gasteiger partial charge on any atom is 0.317 e. The lowest BCUT2D eigenvalue weighted by atomic mass is 9.85. The summed E-state index contributed by atoms with van der Waals surface area (Å²) in [6.07, 6.45) is 1.48. The predicted octanol–water partition coefficient (Wildman–Crippen LogP) is 0.532. The average Bonchev–Trinajstić information content (AvgIpc) is 3.00. The van der Waals surface area contributed by atoms with Crippen LogP contribution in [0.2, 0.25) is 0 Å². The summed E-state index contributed by atoms with van der Waals surface area (Å²) in [5, 5.41) is 16.1. The third-order valence-corrected chi connectivity index (χ3v) is 4.76. The molecule has 1 aliphatic rings. The van der Waals surface area contributed by atoms with Crippen LogP contribution in [-0.2, 0) is 9.59 Å². The standard InChI is InChI=1S/C15H21N3O4S/c1-2-18(9-14(20)21)11-6-10(7-11)17-13(19)8-16-15(22)12-4-3-5-23-12/h3-5,10-11H,2,6-9H2,1H3,(H,16,22)(H,17,19)(H,20,21). The number of carbonyl (C=O) groups excluding carboxylic acids is 2. The molecule has 126 valence electrons. The summed E-state index contributed by atoms with van der Waals surface area (Å²) >= 11 is 1.33. The first-order chi connectivity index (χ1) is 11.0. The SMILES string of the molecule is CCN(CC(=O)O)C1CC(NC(=O)CNC(=O)c2cccs2)C1. The number of amides is 2. The monoisotopic (exact) mass is 339 g/mol. The van der Waals surface area contributed by atoms with Gasteiger partial charge in [0.2, 0.25) is 5.91 Å². The molecule has 7 nitrogen and oxygen atoms in total. The number of carboxylic acid groups (broad SMARTS) is 1. The van der Waals surface area contributed by atoms with E-state index in [1.165, 1.54) is 11.3 Å². The van der Waals surface area contributed by atoms with Crippen molar-refractivity contribution in [2.75, 3.05) is 19.6 Å². The van der Waals surface area contributed by atoms with Crippen LogP contribution in [0.3, 0.4) is 0 Å². The van der Waals surface area contributed by atoms with Crippen molar-refractivity contribution >= 4 is 29.1 Å². The zero-order chi connectivity index (χ0) is 16.8. The first kappa shape index (κ1) is 17.4. The van der Waals surface area contributed by atoms with Crippen LogP contribution in [0.5, 0.6) is 0 Å². The van der Waals surface area contributed by atoms with E-state index >= 15 is 0 Å². The van der Waals surface area contributed by atoms with Gasteiger partial charge in [0.25, 0.3) is 5.91 Å². The van der Waals surface area contributed by atoms with Crippen molar-refractivity contribution < 1.29 is 19.5 Å². The van der Waals surface area contributed by atoms with Crippen LogP contribution < -0.4 is 10.6 Å². The number of aliphatic carboxylic acids is 1. The summed E-state index contributed by atoms with van der Waals surface area (Å²) in [6.45, 7) is 2.58. The number of thiophene rings is 1. The zero-order valence-corrected chi connectivity index (χ0v) is 13.8. The fourth-order valence-corrected chi connectivity index (χ4v) is 3.25. The number of hydrogen-bond donors (Lipinski definition) is 3. The minimum atomic E-state index is -0.837. The van der Waals surface area contributed by atoms with E-state index in [9.17, 15) is 14.4 Å². The number of likely N-dealkylation sites (N-methyl/N-ethyl adjacent to an activating group) is 1. The van der Waals surface area contributed by atoms with Crippen molar-refractivity contribution in [3.8, 4) is 0 Å². The molecule has 23 heavy (non-hydrogen) atoms. The number of hydrogen-bond acceptors (Lipinski definition) is 5. The van der Waals surface area contributed by atoms with Crippen molar-refractivity contribution in [2.24, 2.45) is 0 Å². The third-order valence-electron chi connectivity index (χ3n) is 3.89. The molecule has 0 aliphatic heterocycles. The van der Waals surface area contributed by atoms with Gasteiger partial charge in [0.1, 0.15) is 0 Å². The minimum Gasteiger partial charge on any atom is -0.480 e. The van der Waals surface area contributed by atoms with Crippen LogP contribution in [0.15, 0.2) is 17.5 Å². The Morgan fingerprint density at radius 3 is 2.70 bits per heavy atom. The Labute approximate surface area is 138 Å². The molecule has 0 saturated heterocycles. The van der Waals surface area contributed by atoms with Crippen LogP contribution in [-0.4, -0.2) is 59.5 Å². The van der Waals surface area contributed by atoms with Crippen molar-refractivity contribution in [3.63, 3.8) is 0 Å². The topological polar surface area (TPSA) is 98.7 Å². The molecule has 2 rings (SSSR count). The molecule has 1 aromatic heterocycles. The van der Waals surface area contributed by atoms with Gasteiger partial charge < -0.3 is 15.7 Å². The smallest absolute Gasteiger partial charge is 0.317 e. The first-order valence-electron chi connectivity index (χ1n) is 7.56. The van der Waals surface area contributed by atoms with E-state index in [2.05, 4.69) is 10.6 Å². The molecule has 0 bridgehead atoms. The largest absolute Gasteiger partial charge is 0.480 e. The molecule has 0 unspecified atom stereocenters. The number of nitrogens with one attached hydrogen (secondary N) is 2. The van der Waals surface area contributed by atoms with Crippen molar-refractivity contribution in [1.82, 2.24) is 15.5 Å². The molecule has 1 fully saturated rings. The van der Waals surface area contributed by atoms with Crippen molar-refractivity contribution in [3.05, 3.63) is 22.4 Å². The van der Waals surface area contributed by atoms with Gasteiger partial charge >= 0.3 is 5.97 Å². The van der Waals surface area contributed by atoms with Gasteiger partial charge in [-0.05, 0) is 30.8 Å².